The van der Waals surface area contributed by atoms with Gasteiger partial charge >= 0.3 is 0 Å². The van der Waals surface area contributed by atoms with Crippen LogP contribution in [0.3, 0.4) is 0 Å². The van der Waals surface area contributed by atoms with E-state index in [9.17, 15) is 14.0 Å². The highest BCUT2D eigenvalue weighted by molar-refractivity contribution is 7.17. The number of thiophene rings is 1. The molecule has 0 aliphatic heterocycles. The van der Waals surface area contributed by atoms with Crippen molar-refractivity contribution >= 4 is 23.2 Å². The molecule has 0 atom stereocenters. The molecule has 0 unspecified atom stereocenters. The monoisotopic (exact) mass is 627 g/mol. The number of amides is 2. The molecule has 2 amide bonds. The largest absolute Gasteiger partial charge is 0.497 e. The molecule has 5 rings (SSSR count). The van der Waals surface area contributed by atoms with Crippen molar-refractivity contribution in [1.29, 1.82) is 0 Å². The molecule has 232 valence electrons. The normalized spacial score (nSPS) is 11.2. The highest BCUT2D eigenvalue weighted by Crippen LogP contribution is 2.41. The Morgan fingerprint density at radius 2 is 1.67 bits per heavy atom. The Hall–Kier alpha value is -4.90. The van der Waals surface area contributed by atoms with Crippen LogP contribution >= 0.6 is 11.3 Å². The van der Waals surface area contributed by atoms with Crippen LogP contribution < -0.4 is 15.8 Å². The molecule has 0 bridgehead atoms. The van der Waals surface area contributed by atoms with Crippen molar-refractivity contribution in [3.63, 3.8) is 0 Å². The van der Waals surface area contributed by atoms with Gasteiger partial charge in [-0.25, -0.2) is 4.39 Å². The molecule has 0 aliphatic carbocycles. The number of nitrogens with two attached hydrogens (primary N) is 1. The maximum Gasteiger partial charge on any atom is 0.261 e. The summed E-state index contributed by atoms with van der Waals surface area (Å²) >= 11 is 1.24. The molecule has 3 N–H and O–H groups in total. The van der Waals surface area contributed by atoms with Gasteiger partial charge in [-0.2, -0.15) is 0 Å². The lowest BCUT2D eigenvalue weighted by Gasteiger charge is -2.19. The topological polar surface area (TPSA) is 133 Å². The van der Waals surface area contributed by atoms with E-state index < -0.39 is 5.91 Å². The van der Waals surface area contributed by atoms with Crippen LogP contribution in [-0.2, 0) is 25.8 Å². The summed E-state index contributed by atoms with van der Waals surface area (Å²) in [7, 11) is 1.60. The smallest absolute Gasteiger partial charge is 0.261 e. The second kappa shape index (κ2) is 13.8. The first-order chi connectivity index (χ1) is 21.6. The lowest BCUT2D eigenvalue weighted by Crippen LogP contribution is -2.21. The molecule has 9 nitrogen and oxygen atoms in total. The molecule has 2 aromatic carbocycles. The number of methoxy groups -OCH3 is 1. The van der Waals surface area contributed by atoms with Gasteiger partial charge in [-0.05, 0) is 72.7 Å². The Morgan fingerprint density at radius 3 is 2.29 bits per heavy atom. The zero-order valence-electron chi connectivity index (χ0n) is 25.5. The van der Waals surface area contributed by atoms with Crippen LogP contribution in [0, 0.1) is 18.7 Å². The van der Waals surface area contributed by atoms with E-state index in [4.69, 9.17) is 19.9 Å². The summed E-state index contributed by atoms with van der Waals surface area (Å²) in [5.74, 6) is 0.233. The van der Waals surface area contributed by atoms with Crippen LogP contribution in [0.5, 0.6) is 5.75 Å². The number of pyridine rings is 1. The molecule has 5 aromatic rings. The lowest BCUT2D eigenvalue weighted by atomic mass is 9.91. The summed E-state index contributed by atoms with van der Waals surface area (Å²) in [4.78, 5) is 32.4. The molecule has 3 aromatic heterocycles. The van der Waals surface area contributed by atoms with Crippen molar-refractivity contribution in [1.82, 2.24) is 20.5 Å². The number of halogens is 1. The number of nitrogens with one attached hydrogen (secondary N) is 1. The SMILES string of the molecule is COc1ccc(CNC(=O)c2ccc(-c3c(C(N)=O)c(CC(C)C)nc(CCc4ccc(F)cc4)c3-c3nnc(C)o3)s2)cc1. The van der Waals surface area contributed by atoms with Crippen LogP contribution in [0.15, 0.2) is 65.1 Å². The van der Waals surface area contributed by atoms with Gasteiger partial charge in [0, 0.05) is 23.9 Å². The minimum absolute atomic E-state index is 0.174. The first-order valence-corrected chi connectivity index (χ1v) is 15.4. The number of nitrogens with zero attached hydrogens (tertiary/aromatic N) is 3. The molecule has 3 heterocycles. The third-order valence-electron chi connectivity index (χ3n) is 7.19. The lowest BCUT2D eigenvalue weighted by molar-refractivity contribution is 0.0953. The second-order valence-corrected chi connectivity index (χ2v) is 12.1. The number of ether oxygens (including phenoxy) is 1. The molecule has 11 heteroatoms. The minimum atomic E-state index is -0.644. The quantitative estimate of drug-likeness (QED) is 0.165. The van der Waals surface area contributed by atoms with Crippen molar-refractivity contribution < 1.29 is 23.1 Å². The summed E-state index contributed by atoms with van der Waals surface area (Å²) < 4.78 is 24.7. The number of carbonyl (C=O) groups is 2. The maximum atomic E-state index is 13.6. The second-order valence-electron chi connectivity index (χ2n) is 11.0. The highest BCUT2D eigenvalue weighted by Gasteiger charge is 2.29. The molecule has 0 saturated heterocycles. The molecule has 45 heavy (non-hydrogen) atoms. The van der Waals surface area contributed by atoms with Crippen molar-refractivity contribution in [2.24, 2.45) is 11.7 Å². The van der Waals surface area contributed by atoms with E-state index in [0.717, 1.165) is 16.9 Å². The van der Waals surface area contributed by atoms with E-state index in [1.54, 1.807) is 38.3 Å². The average Bonchev–Trinajstić information content (AvgIpc) is 3.68. The Balaban J connectivity index is 1.59. The van der Waals surface area contributed by atoms with E-state index in [1.165, 1.54) is 23.5 Å². The van der Waals surface area contributed by atoms with E-state index in [0.29, 0.717) is 64.0 Å². The minimum Gasteiger partial charge on any atom is -0.497 e. The highest BCUT2D eigenvalue weighted by atomic mass is 32.1. The fraction of sp³-hybridized carbons (Fsp3) is 0.265. The number of hydrogen-bond acceptors (Lipinski definition) is 8. The van der Waals surface area contributed by atoms with Crippen LogP contribution in [0.25, 0.3) is 21.9 Å². The molecule has 0 spiro atoms. The van der Waals surface area contributed by atoms with E-state index >= 15 is 0 Å². The number of hydrogen-bond donors (Lipinski definition) is 2. The third kappa shape index (κ3) is 7.43. The predicted molar refractivity (Wildman–Crippen MR) is 171 cm³/mol. The zero-order chi connectivity index (χ0) is 32.1. The van der Waals surface area contributed by atoms with Gasteiger partial charge < -0.3 is 20.2 Å². The molecule has 0 fully saturated rings. The Bertz CT molecular complexity index is 1810. The predicted octanol–water partition coefficient (Wildman–Crippen LogP) is 6.33. The molecule has 0 radical (unpaired) electrons. The van der Waals surface area contributed by atoms with Crippen LogP contribution in [0.1, 0.15) is 62.3 Å². The number of carbonyl (C=O) groups excluding carboxylic acids is 2. The number of primary amides is 1. The summed E-state index contributed by atoms with van der Waals surface area (Å²) in [6.45, 7) is 6.09. The van der Waals surface area contributed by atoms with Gasteiger partial charge in [0.2, 0.25) is 11.8 Å². The average molecular weight is 628 g/mol. The van der Waals surface area contributed by atoms with Gasteiger partial charge in [0.15, 0.2) is 0 Å². The van der Waals surface area contributed by atoms with Crippen LogP contribution in [-0.4, -0.2) is 34.1 Å². The zero-order valence-corrected chi connectivity index (χ0v) is 26.3. The fourth-order valence-electron chi connectivity index (χ4n) is 5.06. The molecule has 0 aliphatic rings. The van der Waals surface area contributed by atoms with Gasteiger partial charge in [-0.3, -0.25) is 14.6 Å². The van der Waals surface area contributed by atoms with Gasteiger partial charge in [-0.15, -0.1) is 21.5 Å². The molecular formula is C34H34FN5O4S. The number of benzene rings is 2. The molecular weight excluding hydrogens is 593 g/mol. The van der Waals surface area contributed by atoms with Gasteiger partial charge in [-0.1, -0.05) is 38.1 Å². The van der Waals surface area contributed by atoms with Crippen LogP contribution in [0.2, 0.25) is 0 Å². The van der Waals surface area contributed by atoms with Crippen molar-refractivity contribution in [3.8, 4) is 27.6 Å². The van der Waals surface area contributed by atoms with E-state index in [2.05, 4.69) is 15.5 Å². The summed E-state index contributed by atoms with van der Waals surface area (Å²) in [6, 6.07) is 17.3. The van der Waals surface area contributed by atoms with E-state index in [-0.39, 0.29) is 29.1 Å². The van der Waals surface area contributed by atoms with Crippen LogP contribution in [0.4, 0.5) is 4.39 Å². The summed E-state index contributed by atoms with van der Waals surface area (Å²) in [5, 5.41) is 11.3. The molecule has 0 saturated carbocycles. The first kappa shape index (κ1) is 31.5. The Labute approximate surface area is 264 Å². The summed E-state index contributed by atoms with van der Waals surface area (Å²) in [5.41, 5.74) is 10.3. The first-order valence-electron chi connectivity index (χ1n) is 14.5. The number of aryl methyl sites for hydroxylation is 3. The number of rotatable bonds is 12. The Kier molecular flexibility index (Phi) is 9.68. The van der Waals surface area contributed by atoms with Crippen molar-refractivity contribution in [3.05, 3.63) is 105 Å². The van der Waals surface area contributed by atoms with Crippen molar-refractivity contribution in [2.75, 3.05) is 7.11 Å². The van der Waals surface area contributed by atoms with Gasteiger partial charge in [0.25, 0.3) is 11.8 Å². The third-order valence-corrected chi connectivity index (χ3v) is 8.29. The summed E-state index contributed by atoms with van der Waals surface area (Å²) in [6.07, 6.45) is 1.49. The fourth-order valence-corrected chi connectivity index (χ4v) is 6.04. The standard InChI is InChI=1S/C34H34FN5O4S/c1-19(2)17-26-29(32(36)41)31(27-15-16-28(45-27)33(42)37-18-22-7-12-24(43-4)13-8-22)30(34-40-39-20(3)44-34)25(38-26)14-9-21-5-10-23(35)11-6-21/h5-8,10-13,15-16,19H,9,14,17-18H2,1-4H3,(H2,36,41)(H,37,42). The number of aromatic nitrogens is 3. The van der Waals surface area contributed by atoms with E-state index in [1.807, 2.05) is 38.1 Å². The Morgan fingerprint density at radius 1 is 0.956 bits per heavy atom. The van der Waals surface area contributed by atoms with Crippen molar-refractivity contribution in [2.45, 2.75) is 46.6 Å². The van der Waals surface area contributed by atoms with Gasteiger partial charge in [0.05, 0.1) is 34.5 Å². The van der Waals surface area contributed by atoms with Gasteiger partial charge in [0.1, 0.15) is 11.6 Å². The maximum absolute atomic E-state index is 13.6.